The first-order valence-corrected chi connectivity index (χ1v) is 6.86. The lowest BCUT2D eigenvalue weighted by Gasteiger charge is -2.24. The molecule has 0 aliphatic carbocycles. The molecule has 4 heteroatoms. The molecule has 0 aromatic heterocycles. The van der Waals surface area contributed by atoms with Gasteiger partial charge in [0.2, 0.25) is 0 Å². The van der Waals surface area contributed by atoms with Gasteiger partial charge in [0.25, 0.3) is 0 Å². The van der Waals surface area contributed by atoms with Gasteiger partial charge in [-0.15, -0.1) is 0 Å². The standard InChI is InChI=1S/C13H28N4/c1-5-17-8-6-7-12(17)10-16-13(14-4)15-9-11(2)3/h11-12H,5-10H2,1-4H3,(H2,14,15,16). The fourth-order valence-electron chi connectivity index (χ4n) is 2.28. The number of rotatable bonds is 5. The highest BCUT2D eigenvalue weighted by Crippen LogP contribution is 2.15. The minimum Gasteiger partial charge on any atom is -0.356 e. The molecule has 1 fully saturated rings. The monoisotopic (exact) mass is 240 g/mol. The van der Waals surface area contributed by atoms with E-state index in [1.165, 1.54) is 19.4 Å². The van der Waals surface area contributed by atoms with Gasteiger partial charge in [0.05, 0.1) is 0 Å². The van der Waals surface area contributed by atoms with Crippen LogP contribution in [0.25, 0.3) is 0 Å². The van der Waals surface area contributed by atoms with Gasteiger partial charge < -0.3 is 10.6 Å². The van der Waals surface area contributed by atoms with Crippen molar-refractivity contribution in [3.8, 4) is 0 Å². The molecule has 0 bridgehead atoms. The van der Waals surface area contributed by atoms with Crippen molar-refractivity contribution in [1.82, 2.24) is 15.5 Å². The van der Waals surface area contributed by atoms with Crippen molar-refractivity contribution in [2.45, 2.75) is 39.7 Å². The summed E-state index contributed by atoms with van der Waals surface area (Å²) in [6, 6.07) is 0.678. The molecule has 1 aliphatic heterocycles. The zero-order valence-electron chi connectivity index (χ0n) is 11.8. The number of likely N-dealkylation sites (N-methyl/N-ethyl adjacent to an activating group) is 1. The molecule has 1 unspecified atom stereocenters. The Morgan fingerprint density at radius 3 is 2.76 bits per heavy atom. The molecule has 1 atom stereocenters. The van der Waals surface area contributed by atoms with Crippen molar-refractivity contribution in [3.63, 3.8) is 0 Å². The van der Waals surface area contributed by atoms with E-state index >= 15 is 0 Å². The van der Waals surface area contributed by atoms with Crippen LogP contribution in [-0.4, -0.2) is 50.1 Å². The lowest BCUT2D eigenvalue weighted by molar-refractivity contribution is 0.267. The summed E-state index contributed by atoms with van der Waals surface area (Å²) in [6.45, 7) is 11.0. The van der Waals surface area contributed by atoms with Gasteiger partial charge in [-0.3, -0.25) is 9.89 Å². The molecule has 1 heterocycles. The van der Waals surface area contributed by atoms with Crippen molar-refractivity contribution < 1.29 is 0 Å². The van der Waals surface area contributed by atoms with Gasteiger partial charge in [-0.05, 0) is 31.8 Å². The Bertz CT molecular complexity index is 238. The van der Waals surface area contributed by atoms with Crippen LogP contribution in [0.4, 0.5) is 0 Å². The number of likely N-dealkylation sites (tertiary alicyclic amines) is 1. The normalized spacial score (nSPS) is 22.2. The van der Waals surface area contributed by atoms with Crippen molar-refractivity contribution >= 4 is 5.96 Å². The van der Waals surface area contributed by atoms with Gasteiger partial charge >= 0.3 is 0 Å². The Labute approximate surface area is 106 Å². The molecule has 1 aliphatic rings. The fraction of sp³-hybridized carbons (Fsp3) is 0.923. The van der Waals surface area contributed by atoms with Gasteiger partial charge in [-0.1, -0.05) is 20.8 Å². The average molecular weight is 240 g/mol. The van der Waals surface area contributed by atoms with Crippen LogP contribution >= 0.6 is 0 Å². The highest BCUT2D eigenvalue weighted by Gasteiger charge is 2.22. The van der Waals surface area contributed by atoms with Gasteiger partial charge in [-0.2, -0.15) is 0 Å². The van der Waals surface area contributed by atoms with Crippen LogP contribution in [0.3, 0.4) is 0 Å². The predicted molar refractivity (Wildman–Crippen MR) is 74.5 cm³/mol. The number of hydrogen-bond donors (Lipinski definition) is 2. The van der Waals surface area contributed by atoms with Crippen molar-refractivity contribution in [2.24, 2.45) is 10.9 Å². The zero-order chi connectivity index (χ0) is 12.7. The van der Waals surface area contributed by atoms with Crippen molar-refractivity contribution in [3.05, 3.63) is 0 Å². The SMILES string of the molecule is CCN1CCCC1CNC(=NC)NCC(C)C. The van der Waals surface area contributed by atoms with Crippen LogP contribution in [0.5, 0.6) is 0 Å². The molecule has 2 N–H and O–H groups in total. The van der Waals surface area contributed by atoms with E-state index in [0.717, 1.165) is 25.6 Å². The van der Waals surface area contributed by atoms with E-state index in [1.807, 2.05) is 7.05 Å². The minimum absolute atomic E-state index is 0.646. The lowest BCUT2D eigenvalue weighted by Crippen LogP contribution is -2.45. The molecule has 0 radical (unpaired) electrons. The van der Waals surface area contributed by atoms with Crippen LogP contribution in [0.2, 0.25) is 0 Å². The van der Waals surface area contributed by atoms with E-state index < -0.39 is 0 Å². The quantitative estimate of drug-likeness (QED) is 0.562. The third-order valence-corrected chi connectivity index (χ3v) is 3.31. The van der Waals surface area contributed by atoms with Gasteiger partial charge in [0.1, 0.15) is 0 Å². The molecular weight excluding hydrogens is 212 g/mol. The molecule has 0 aromatic rings. The van der Waals surface area contributed by atoms with Crippen LogP contribution in [0, 0.1) is 5.92 Å². The van der Waals surface area contributed by atoms with E-state index in [-0.39, 0.29) is 0 Å². The van der Waals surface area contributed by atoms with Crippen LogP contribution in [0.15, 0.2) is 4.99 Å². The van der Waals surface area contributed by atoms with E-state index in [0.29, 0.717) is 12.0 Å². The third kappa shape index (κ3) is 4.94. The number of nitrogens with zero attached hydrogens (tertiary/aromatic N) is 2. The Hall–Kier alpha value is -0.770. The fourth-order valence-corrected chi connectivity index (χ4v) is 2.28. The first-order valence-electron chi connectivity index (χ1n) is 6.86. The van der Waals surface area contributed by atoms with Gasteiger partial charge in [-0.25, -0.2) is 0 Å². The van der Waals surface area contributed by atoms with Crippen molar-refractivity contribution in [2.75, 3.05) is 33.2 Å². The van der Waals surface area contributed by atoms with E-state index in [2.05, 4.69) is 41.3 Å². The summed E-state index contributed by atoms with van der Waals surface area (Å²) in [5.41, 5.74) is 0. The smallest absolute Gasteiger partial charge is 0.191 e. The van der Waals surface area contributed by atoms with E-state index in [9.17, 15) is 0 Å². The number of hydrogen-bond acceptors (Lipinski definition) is 2. The van der Waals surface area contributed by atoms with E-state index in [4.69, 9.17) is 0 Å². The van der Waals surface area contributed by atoms with Gasteiger partial charge in [0.15, 0.2) is 5.96 Å². The van der Waals surface area contributed by atoms with E-state index in [1.54, 1.807) is 0 Å². The molecule has 0 aromatic carbocycles. The summed E-state index contributed by atoms with van der Waals surface area (Å²) < 4.78 is 0. The summed E-state index contributed by atoms with van der Waals surface area (Å²) in [4.78, 5) is 6.79. The molecule has 1 saturated heterocycles. The second kappa shape index (κ2) is 7.54. The Balaban J connectivity index is 2.27. The average Bonchev–Trinajstić information content (AvgIpc) is 2.76. The first kappa shape index (κ1) is 14.3. The predicted octanol–water partition coefficient (Wildman–Crippen LogP) is 1.29. The van der Waals surface area contributed by atoms with Crippen LogP contribution < -0.4 is 10.6 Å². The first-order chi connectivity index (χ1) is 8.17. The molecule has 100 valence electrons. The van der Waals surface area contributed by atoms with Gasteiger partial charge in [0, 0.05) is 26.2 Å². The maximum Gasteiger partial charge on any atom is 0.191 e. The number of guanidine groups is 1. The maximum atomic E-state index is 4.25. The summed E-state index contributed by atoms with van der Waals surface area (Å²) in [7, 11) is 1.84. The second-order valence-electron chi connectivity index (χ2n) is 5.15. The maximum absolute atomic E-state index is 4.25. The Morgan fingerprint density at radius 2 is 2.18 bits per heavy atom. The zero-order valence-corrected chi connectivity index (χ0v) is 11.8. The molecular formula is C13H28N4. The van der Waals surface area contributed by atoms with Crippen LogP contribution in [0.1, 0.15) is 33.6 Å². The summed E-state index contributed by atoms with van der Waals surface area (Å²) in [6.07, 6.45) is 2.64. The molecule has 0 spiro atoms. The highest BCUT2D eigenvalue weighted by atomic mass is 15.2. The second-order valence-corrected chi connectivity index (χ2v) is 5.15. The topological polar surface area (TPSA) is 39.7 Å². The number of aliphatic imine (C=N–C) groups is 1. The summed E-state index contributed by atoms with van der Waals surface area (Å²) in [5, 5.41) is 6.77. The summed E-state index contributed by atoms with van der Waals surface area (Å²) in [5.74, 6) is 1.58. The Morgan fingerprint density at radius 1 is 1.41 bits per heavy atom. The lowest BCUT2D eigenvalue weighted by atomic mass is 10.2. The number of nitrogens with one attached hydrogen (secondary N) is 2. The largest absolute Gasteiger partial charge is 0.356 e. The molecule has 0 amide bonds. The highest BCUT2D eigenvalue weighted by molar-refractivity contribution is 5.79. The minimum atomic E-state index is 0.646. The molecule has 0 saturated carbocycles. The molecule has 4 nitrogen and oxygen atoms in total. The van der Waals surface area contributed by atoms with Crippen molar-refractivity contribution in [1.29, 1.82) is 0 Å². The molecule has 17 heavy (non-hydrogen) atoms. The summed E-state index contributed by atoms with van der Waals surface area (Å²) >= 11 is 0. The Kier molecular flexibility index (Phi) is 6.34. The molecule has 1 rings (SSSR count). The third-order valence-electron chi connectivity index (χ3n) is 3.31. The van der Waals surface area contributed by atoms with Crippen LogP contribution in [-0.2, 0) is 0 Å².